The largest absolute Gasteiger partial charge is 0.497 e. The van der Waals surface area contributed by atoms with Crippen LogP contribution in [-0.2, 0) is 6.42 Å². The first-order valence-electron chi connectivity index (χ1n) is 7.01. The Hall–Kier alpha value is -2.03. The minimum Gasteiger partial charge on any atom is -0.497 e. The monoisotopic (exact) mass is 269 g/mol. The third-order valence-corrected chi connectivity index (χ3v) is 4.05. The predicted molar refractivity (Wildman–Crippen MR) is 79.1 cm³/mol. The number of ether oxygens (including phenoxy) is 1. The van der Waals surface area contributed by atoms with Crippen molar-refractivity contribution in [2.24, 2.45) is 0 Å². The second-order valence-electron chi connectivity index (χ2n) is 5.41. The summed E-state index contributed by atoms with van der Waals surface area (Å²) in [6.45, 7) is 4.14. The summed E-state index contributed by atoms with van der Waals surface area (Å²) >= 11 is 0. The molecule has 0 N–H and O–H groups in total. The second kappa shape index (κ2) is 4.82. The summed E-state index contributed by atoms with van der Waals surface area (Å²) < 4.78 is 7.49. The molecule has 2 aromatic rings. The molecule has 1 aliphatic carbocycles. The van der Waals surface area contributed by atoms with Crippen LogP contribution in [0.5, 0.6) is 5.75 Å². The molecule has 0 aliphatic heterocycles. The number of nitrogens with zero attached hydrogens (tertiary/aromatic N) is 1. The molecule has 0 unspecified atom stereocenters. The number of carbonyl (C=O) groups excluding carboxylic acids is 1. The average Bonchev–Trinajstić information content (AvgIpc) is 2.77. The van der Waals surface area contributed by atoms with Crippen molar-refractivity contribution in [3.63, 3.8) is 0 Å². The Balaban J connectivity index is 2.18. The highest BCUT2D eigenvalue weighted by atomic mass is 16.5. The maximum Gasteiger partial charge on any atom is 0.164 e. The summed E-state index contributed by atoms with van der Waals surface area (Å²) in [6, 6.07) is 8.10. The smallest absolute Gasteiger partial charge is 0.164 e. The van der Waals surface area contributed by atoms with E-state index in [1.165, 1.54) is 0 Å². The lowest BCUT2D eigenvalue weighted by molar-refractivity contribution is 0.0972. The van der Waals surface area contributed by atoms with E-state index in [9.17, 15) is 4.79 Å². The Kier molecular flexibility index (Phi) is 3.13. The van der Waals surface area contributed by atoms with E-state index in [0.29, 0.717) is 6.42 Å². The summed E-state index contributed by atoms with van der Waals surface area (Å²) in [6.07, 6.45) is 2.60. The number of hydrogen-bond donors (Lipinski definition) is 0. The Morgan fingerprint density at radius 2 is 1.95 bits per heavy atom. The first-order chi connectivity index (χ1) is 9.61. The fraction of sp³-hybridized carbons (Fsp3) is 0.353. The van der Waals surface area contributed by atoms with Gasteiger partial charge in [-0.3, -0.25) is 4.79 Å². The number of methoxy groups -OCH3 is 1. The molecule has 20 heavy (non-hydrogen) atoms. The Labute approximate surface area is 119 Å². The molecule has 3 heteroatoms. The SMILES string of the molecule is COc1ccc(-n2c(C)cc3c2CCCC3=O)c(C)c1. The quantitative estimate of drug-likeness (QED) is 0.833. The molecule has 0 atom stereocenters. The molecule has 0 spiro atoms. The number of rotatable bonds is 2. The number of aromatic nitrogens is 1. The molecular weight excluding hydrogens is 250 g/mol. The molecule has 0 fully saturated rings. The van der Waals surface area contributed by atoms with Gasteiger partial charge in [0.1, 0.15) is 5.75 Å². The Morgan fingerprint density at radius 3 is 2.65 bits per heavy atom. The minimum atomic E-state index is 0.277. The Bertz CT molecular complexity index is 683. The predicted octanol–water partition coefficient (Wildman–Crippen LogP) is 3.62. The lowest BCUT2D eigenvalue weighted by Gasteiger charge is -2.18. The summed E-state index contributed by atoms with van der Waals surface area (Å²) in [5, 5.41) is 0. The first kappa shape index (κ1) is 13.0. The Morgan fingerprint density at radius 1 is 1.15 bits per heavy atom. The molecule has 1 aromatic carbocycles. The fourth-order valence-corrected chi connectivity index (χ4v) is 3.07. The molecule has 3 nitrogen and oxygen atoms in total. The van der Waals surface area contributed by atoms with E-state index in [1.807, 2.05) is 18.2 Å². The standard InChI is InChI=1S/C17H19NO2/c1-11-9-13(20-3)7-8-15(11)18-12(2)10-14-16(18)5-4-6-17(14)19/h7-10H,4-6H2,1-3H3. The van der Waals surface area contributed by atoms with Gasteiger partial charge in [-0.1, -0.05) is 0 Å². The lowest BCUT2D eigenvalue weighted by atomic mass is 9.96. The molecular formula is C17H19NO2. The highest BCUT2D eigenvalue weighted by Gasteiger charge is 2.23. The van der Waals surface area contributed by atoms with Crippen molar-refractivity contribution in [3.05, 3.63) is 46.8 Å². The zero-order chi connectivity index (χ0) is 14.3. The number of aryl methyl sites for hydroxylation is 2. The van der Waals surface area contributed by atoms with Gasteiger partial charge >= 0.3 is 0 Å². The molecule has 0 amide bonds. The van der Waals surface area contributed by atoms with Crippen LogP contribution in [0.2, 0.25) is 0 Å². The number of benzene rings is 1. The maximum absolute atomic E-state index is 12.0. The average molecular weight is 269 g/mol. The van der Waals surface area contributed by atoms with Gasteiger partial charge in [0, 0.05) is 29.1 Å². The van der Waals surface area contributed by atoms with E-state index < -0.39 is 0 Å². The van der Waals surface area contributed by atoms with E-state index in [1.54, 1.807) is 7.11 Å². The molecule has 0 bridgehead atoms. The van der Waals surface area contributed by atoms with Gasteiger partial charge in [-0.15, -0.1) is 0 Å². The van der Waals surface area contributed by atoms with Gasteiger partial charge in [0.15, 0.2) is 5.78 Å². The zero-order valence-electron chi connectivity index (χ0n) is 12.2. The normalized spacial score (nSPS) is 14.2. The van der Waals surface area contributed by atoms with Crippen molar-refractivity contribution in [1.82, 2.24) is 4.57 Å². The minimum absolute atomic E-state index is 0.277. The third kappa shape index (κ3) is 1.94. The van der Waals surface area contributed by atoms with Crippen LogP contribution in [0, 0.1) is 13.8 Å². The van der Waals surface area contributed by atoms with Crippen LogP contribution in [0.4, 0.5) is 0 Å². The molecule has 0 radical (unpaired) electrons. The molecule has 1 aliphatic rings. The number of carbonyl (C=O) groups is 1. The second-order valence-corrected chi connectivity index (χ2v) is 5.41. The summed E-state index contributed by atoms with van der Waals surface area (Å²) in [7, 11) is 1.68. The highest BCUT2D eigenvalue weighted by Crippen LogP contribution is 2.30. The van der Waals surface area contributed by atoms with Crippen LogP contribution in [0.1, 0.15) is 40.2 Å². The van der Waals surface area contributed by atoms with Gasteiger partial charge in [-0.25, -0.2) is 0 Å². The van der Waals surface area contributed by atoms with Crippen LogP contribution in [0.25, 0.3) is 5.69 Å². The third-order valence-electron chi connectivity index (χ3n) is 4.05. The number of ketones is 1. The van der Waals surface area contributed by atoms with Crippen LogP contribution < -0.4 is 4.74 Å². The van der Waals surface area contributed by atoms with Gasteiger partial charge in [-0.05, 0) is 56.5 Å². The molecule has 0 saturated carbocycles. The van der Waals surface area contributed by atoms with E-state index in [0.717, 1.165) is 46.8 Å². The van der Waals surface area contributed by atoms with E-state index >= 15 is 0 Å². The van der Waals surface area contributed by atoms with E-state index in [-0.39, 0.29) is 5.78 Å². The number of hydrogen-bond acceptors (Lipinski definition) is 2. The van der Waals surface area contributed by atoms with Gasteiger partial charge in [0.25, 0.3) is 0 Å². The number of Topliss-reactive ketones (excluding diaryl/α,β-unsaturated/α-hetero) is 1. The molecule has 3 rings (SSSR count). The van der Waals surface area contributed by atoms with Crippen LogP contribution >= 0.6 is 0 Å². The van der Waals surface area contributed by atoms with E-state index in [2.05, 4.69) is 24.5 Å². The first-order valence-corrected chi connectivity index (χ1v) is 7.01. The number of fused-ring (bicyclic) bond motifs is 1. The van der Waals surface area contributed by atoms with Gasteiger partial charge < -0.3 is 9.30 Å². The zero-order valence-corrected chi connectivity index (χ0v) is 12.2. The van der Waals surface area contributed by atoms with Crippen LogP contribution in [0.3, 0.4) is 0 Å². The summed E-state index contributed by atoms with van der Waals surface area (Å²) in [5.41, 5.74) is 5.48. The lowest BCUT2D eigenvalue weighted by Crippen LogP contribution is -2.13. The van der Waals surface area contributed by atoms with Gasteiger partial charge in [0.2, 0.25) is 0 Å². The van der Waals surface area contributed by atoms with E-state index in [4.69, 9.17) is 4.74 Å². The van der Waals surface area contributed by atoms with Crippen molar-refractivity contribution in [2.45, 2.75) is 33.1 Å². The van der Waals surface area contributed by atoms with Crippen molar-refractivity contribution < 1.29 is 9.53 Å². The molecule has 1 aromatic heterocycles. The molecule has 104 valence electrons. The van der Waals surface area contributed by atoms with Crippen molar-refractivity contribution >= 4 is 5.78 Å². The summed E-state index contributed by atoms with van der Waals surface area (Å²) in [4.78, 5) is 12.0. The van der Waals surface area contributed by atoms with Crippen LogP contribution in [0.15, 0.2) is 24.3 Å². The molecule has 1 heterocycles. The summed E-state index contributed by atoms with van der Waals surface area (Å²) in [5.74, 6) is 1.14. The highest BCUT2D eigenvalue weighted by molar-refractivity contribution is 5.98. The van der Waals surface area contributed by atoms with Gasteiger partial charge in [0.05, 0.1) is 7.11 Å². The fourth-order valence-electron chi connectivity index (χ4n) is 3.07. The maximum atomic E-state index is 12.0. The van der Waals surface area contributed by atoms with Crippen molar-refractivity contribution in [2.75, 3.05) is 7.11 Å². The van der Waals surface area contributed by atoms with Crippen LogP contribution in [-0.4, -0.2) is 17.5 Å². The topological polar surface area (TPSA) is 31.2 Å². The van der Waals surface area contributed by atoms with Gasteiger partial charge in [-0.2, -0.15) is 0 Å². The molecule has 0 saturated heterocycles. The van der Waals surface area contributed by atoms with Crippen molar-refractivity contribution in [3.8, 4) is 11.4 Å². The van der Waals surface area contributed by atoms with Crippen molar-refractivity contribution in [1.29, 1.82) is 0 Å².